The van der Waals surface area contributed by atoms with E-state index in [0.29, 0.717) is 43.3 Å². The minimum atomic E-state index is -0.408. The summed E-state index contributed by atoms with van der Waals surface area (Å²) in [6, 6.07) is 9.93. The van der Waals surface area contributed by atoms with Crippen molar-refractivity contribution in [3.8, 4) is 0 Å². The molecule has 1 amide bonds. The Hall–Kier alpha value is -2.77. The van der Waals surface area contributed by atoms with Crippen LogP contribution >= 0.6 is 22.9 Å². The summed E-state index contributed by atoms with van der Waals surface area (Å²) in [6.45, 7) is 3.52. The summed E-state index contributed by atoms with van der Waals surface area (Å²) < 4.78 is 16.7. The van der Waals surface area contributed by atoms with E-state index in [2.05, 4.69) is 10.3 Å². The van der Waals surface area contributed by atoms with Gasteiger partial charge in [0.15, 0.2) is 0 Å². The number of amides is 1. The second kappa shape index (κ2) is 7.57. The molecule has 2 aromatic carbocycles. The molecule has 0 aliphatic heterocycles. The third kappa shape index (κ3) is 3.52. The van der Waals surface area contributed by atoms with Crippen LogP contribution in [0.3, 0.4) is 0 Å². The molecular weight excluding hydrogens is 413 g/mol. The lowest BCUT2D eigenvalue weighted by molar-refractivity contribution is -0.116. The predicted molar refractivity (Wildman–Crippen MR) is 116 cm³/mol. The van der Waals surface area contributed by atoms with E-state index in [1.165, 1.54) is 22.0 Å². The van der Waals surface area contributed by atoms with Gasteiger partial charge in [0.2, 0.25) is 5.91 Å². The monoisotopic (exact) mass is 429 g/mol. The average molecular weight is 430 g/mol. The first kappa shape index (κ1) is 19.5. The number of thiophene rings is 1. The van der Waals surface area contributed by atoms with Gasteiger partial charge in [-0.05, 0) is 36.8 Å². The predicted octanol–water partition coefficient (Wildman–Crippen LogP) is 4.91. The molecule has 0 aliphatic carbocycles. The first-order valence-electron chi connectivity index (χ1n) is 9.05. The van der Waals surface area contributed by atoms with Crippen LogP contribution in [0.2, 0.25) is 5.02 Å². The number of fused-ring (bicyclic) bond motifs is 3. The molecule has 0 aliphatic rings. The molecule has 0 unspecified atom stereocenters. The average Bonchev–Trinajstić information content (AvgIpc) is 3.07. The summed E-state index contributed by atoms with van der Waals surface area (Å²) in [5.74, 6) is -0.341. The Bertz CT molecular complexity index is 1330. The van der Waals surface area contributed by atoms with E-state index in [-0.39, 0.29) is 18.0 Å². The molecule has 29 heavy (non-hydrogen) atoms. The van der Waals surface area contributed by atoms with Crippen molar-refractivity contribution in [1.29, 1.82) is 0 Å². The van der Waals surface area contributed by atoms with Gasteiger partial charge in [-0.2, -0.15) is 0 Å². The molecule has 8 heteroatoms. The molecule has 1 N–H and O–H groups in total. The van der Waals surface area contributed by atoms with Gasteiger partial charge in [-0.3, -0.25) is 14.2 Å². The van der Waals surface area contributed by atoms with Crippen molar-refractivity contribution in [2.75, 3.05) is 5.32 Å². The summed E-state index contributed by atoms with van der Waals surface area (Å²) in [5, 5.41) is 3.65. The van der Waals surface area contributed by atoms with Crippen LogP contribution in [0.4, 0.5) is 10.1 Å². The van der Waals surface area contributed by atoms with E-state index >= 15 is 0 Å². The van der Waals surface area contributed by atoms with Crippen molar-refractivity contribution in [1.82, 2.24) is 9.55 Å². The van der Waals surface area contributed by atoms with E-state index in [9.17, 15) is 14.0 Å². The van der Waals surface area contributed by atoms with Crippen molar-refractivity contribution < 1.29 is 9.18 Å². The molecule has 0 saturated carbocycles. The first-order chi connectivity index (χ1) is 13.9. The van der Waals surface area contributed by atoms with Gasteiger partial charge in [0.05, 0.1) is 10.9 Å². The van der Waals surface area contributed by atoms with Crippen LogP contribution in [0.25, 0.3) is 20.3 Å². The molecule has 0 spiro atoms. The topological polar surface area (TPSA) is 64.0 Å². The summed E-state index contributed by atoms with van der Waals surface area (Å²) in [7, 11) is 0. The zero-order valence-corrected chi connectivity index (χ0v) is 17.3. The summed E-state index contributed by atoms with van der Waals surface area (Å²) >= 11 is 7.29. The van der Waals surface area contributed by atoms with Crippen LogP contribution in [0, 0.1) is 12.7 Å². The summed E-state index contributed by atoms with van der Waals surface area (Å²) in [4.78, 5) is 30.2. The highest BCUT2D eigenvalue weighted by atomic mass is 35.5. The number of aryl methyl sites for hydroxylation is 2. The molecule has 2 aromatic heterocycles. The number of nitrogens with zero attached hydrogens (tertiary/aromatic N) is 2. The van der Waals surface area contributed by atoms with Crippen LogP contribution in [0.1, 0.15) is 18.3 Å². The Labute approximate surface area is 174 Å². The van der Waals surface area contributed by atoms with Crippen molar-refractivity contribution in [3.05, 3.63) is 69.0 Å². The quantitative estimate of drug-likeness (QED) is 0.501. The maximum atomic E-state index is 14.3. The summed E-state index contributed by atoms with van der Waals surface area (Å²) in [5.41, 5.74) is 1.46. The molecule has 4 rings (SSSR count). The van der Waals surface area contributed by atoms with Crippen molar-refractivity contribution in [2.45, 2.75) is 26.8 Å². The molecule has 2 heterocycles. The number of carbonyl (C=O) groups is 1. The molecule has 0 saturated heterocycles. The number of aromatic nitrogens is 2. The Morgan fingerprint density at radius 1 is 1.31 bits per heavy atom. The van der Waals surface area contributed by atoms with E-state index in [0.717, 1.165) is 5.56 Å². The number of anilines is 1. The Kier molecular flexibility index (Phi) is 5.10. The molecular formula is C21H17ClFN3O2S. The SMILES string of the molecule is CCc1nc2c(sc3cccc(F)c32)c(=O)n1CC(=O)Nc1ccc(C)c(Cl)c1. The Morgan fingerprint density at radius 2 is 2.10 bits per heavy atom. The maximum absolute atomic E-state index is 14.3. The lowest BCUT2D eigenvalue weighted by atomic mass is 10.2. The van der Waals surface area contributed by atoms with Gasteiger partial charge in [-0.25, -0.2) is 9.37 Å². The zero-order valence-electron chi connectivity index (χ0n) is 15.8. The van der Waals surface area contributed by atoms with E-state index < -0.39 is 5.82 Å². The Morgan fingerprint density at radius 3 is 2.83 bits per heavy atom. The lowest BCUT2D eigenvalue weighted by Gasteiger charge is -2.12. The summed E-state index contributed by atoms with van der Waals surface area (Å²) in [6.07, 6.45) is 0.431. The zero-order chi connectivity index (χ0) is 20.7. The van der Waals surface area contributed by atoms with Crippen LogP contribution < -0.4 is 10.9 Å². The fourth-order valence-corrected chi connectivity index (χ4v) is 4.50. The molecule has 0 radical (unpaired) electrons. The highest BCUT2D eigenvalue weighted by molar-refractivity contribution is 7.25. The van der Waals surface area contributed by atoms with Crippen molar-refractivity contribution in [3.63, 3.8) is 0 Å². The minimum absolute atomic E-state index is 0.187. The molecule has 5 nitrogen and oxygen atoms in total. The van der Waals surface area contributed by atoms with Gasteiger partial charge >= 0.3 is 0 Å². The number of carbonyl (C=O) groups excluding carboxylic acids is 1. The Balaban J connectivity index is 1.75. The third-order valence-corrected chi connectivity index (χ3v) is 6.24. The van der Waals surface area contributed by atoms with Gasteiger partial charge < -0.3 is 5.32 Å². The van der Waals surface area contributed by atoms with Crippen LogP contribution in [0.15, 0.2) is 41.2 Å². The molecule has 0 bridgehead atoms. The second-order valence-corrected chi connectivity index (χ2v) is 8.14. The number of hydrogen-bond acceptors (Lipinski definition) is 4. The molecule has 0 fully saturated rings. The van der Waals surface area contributed by atoms with Crippen LogP contribution in [-0.4, -0.2) is 15.5 Å². The van der Waals surface area contributed by atoms with E-state index in [4.69, 9.17) is 11.6 Å². The fraction of sp³-hybridized carbons (Fsp3) is 0.190. The molecule has 0 atom stereocenters. The first-order valence-corrected chi connectivity index (χ1v) is 10.2. The number of halogens is 2. The lowest BCUT2D eigenvalue weighted by Crippen LogP contribution is -2.30. The van der Waals surface area contributed by atoms with Gasteiger partial charge in [-0.15, -0.1) is 11.3 Å². The fourth-order valence-electron chi connectivity index (χ4n) is 3.22. The minimum Gasteiger partial charge on any atom is -0.324 e. The molecule has 148 valence electrons. The van der Waals surface area contributed by atoms with Crippen LogP contribution in [0.5, 0.6) is 0 Å². The van der Waals surface area contributed by atoms with E-state index in [1.54, 1.807) is 30.3 Å². The highest BCUT2D eigenvalue weighted by Crippen LogP contribution is 2.32. The van der Waals surface area contributed by atoms with Gasteiger partial charge in [0.25, 0.3) is 5.56 Å². The van der Waals surface area contributed by atoms with Crippen molar-refractivity contribution in [2.24, 2.45) is 0 Å². The number of benzene rings is 2. The van der Waals surface area contributed by atoms with Gasteiger partial charge in [0.1, 0.15) is 22.9 Å². The second-order valence-electron chi connectivity index (χ2n) is 6.68. The number of nitrogens with one attached hydrogen (secondary N) is 1. The third-order valence-electron chi connectivity index (χ3n) is 4.70. The smallest absolute Gasteiger partial charge is 0.272 e. The normalized spacial score (nSPS) is 11.3. The maximum Gasteiger partial charge on any atom is 0.272 e. The van der Waals surface area contributed by atoms with E-state index in [1.807, 2.05) is 13.8 Å². The van der Waals surface area contributed by atoms with Crippen molar-refractivity contribution >= 4 is 54.8 Å². The highest BCUT2D eigenvalue weighted by Gasteiger charge is 2.19. The van der Waals surface area contributed by atoms with Gasteiger partial charge in [0, 0.05) is 21.8 Å². The number of rotatable bonds is 4. The number of hydrogen-bond donors (Lipinski definition) is 1. The standard InChI is InChI=1S/C21H17ClFN3O2S/c1-3-16-25-19-18-14(23)5-4-6-15(18)29-20(19)21(28)26(16)10-17(27)24-12-8-7-11(2)13(22)9-12/h4-9H,3,10H2,1-2H3,(H,24,27). The van der Waals surface area contributed by atoms with Gasteiger partial charge in [-0.1, -0.05) is 30.7 Å². The van der Waals surface area contributed by atoms with Crippen LogP contribution in [-0.2, 0) is 17.8 Å². The largest absolute Gasteiger partial charge is 0.324 e. The molecule has 4 aromatic rings.